The second kappa shape index (κ2) is 4.12. The zero-order valence-corrected chi connectivity index (χ0v) is 6.05. The maximum absolute atomic E-state index is 12.0. The molecular formula is C5H5F7O. The van der Waals surface area contributed by atoms with Crippen molar-refractivity contribution in [2.24, 2.45) is 0 Å². The Bertz CT molecular complexity index is 153. The molecule has 0 aromatic rings. The van der Waals surface area contributed by atoms with Gasteiger partial charge in [0.05, 0.1) is 6.61 Å². The quantitative estimate of drug-likeness (QED) is 0.653. The first-order chi connectivity index (χ1) is 5.72. The summed E-state index contributed by atoms with van der Waals surface area (Å²) in [6.07, 6.45) is -15.2. The fourth-order valence-electron chi connectivity index (χ4n) is 0.438. The maximum atomic E-state index is 12.0. The minimum atomic E-state index is -5.72. The Hall–Kier alpha value is -0.530. The van der Waals surface area contributed by atoms with Crippen molar-refractivity contribution in [3.63, 3.8) is 0 Å². The van der Waals surface area contributed by atoms with Gasteiger partial charge in [0.25, 0.3) is 6.17 Å². The molecule has 0 saturated carbocycles. The third kappa shape index (κ3) is 3.79. The van der Waals surface area contributed by atoms with Gasteiger partial charge in [-0.2, -0.15) is 22.0 Å². The summed E-state index contributed by atoms with van der Waals surface area (Å²) in [5.74, 6) is 0. The van der Waals surface area contributed by atoms with Crippen LogP contribution in [0.1, 0.15) is 0 Å². The van der Waals surface area contributed by atoms with Gasteiger partial charge in [0.15, 0.2) is 0 Å². The Kier molecular flexibility index (Phi) is 3.95. The predicted molar refractivity (Wildman–Crippen MR) is 27.8 cm³/mol. The lowest BCUT2D eigenvalue weighted by Crippen LogP contribution is -2.43. The van der Waals surface area contributed by atoms with E-state index in [0.29, 0.717) is 0 Å². The number of halogens is 7. The van der Waals surface area contributed by atoms with Gasteiger partial charge >= 0.3 is 12.3 Å². The summed E-state index contributed by atoms with van der Waals surface area (Å²) >= 11 is 0. The number of alkyl halides is 7. The van der Waals surface area contributed by atoms with Crippen molar-refractivity contribution in [1.29, 1.82) is 0 Å². The van der Waals surface area contributed by atoms with E-state index >= 15 is 0 Å². The molecule has 1 unspecified atom stereocenters. The standard InChI is InChI=1S/C5H5F7O/c6-1-2-13-5(11,12)3(7)4(8,9)10/h3H,1-2H2. The van der Waals surface area contributed by atoms with E-state index < -0.39 is 31.7 Å². The van der Waals surface area contributed by atoms with Crippen molar-refractivity contribution >= 4 is 0 Å². The van der Waals surface area contributed by atoms with E-state index in [1.807, 2.05) is 0 Å². The molecule has 0 radical (unpaired) electrons. The summed E-state index contributed by atoms with van der Waals surface area (Å²) in [7, 11) is 0. The lowest BCUT2D eigenvalue weighted by atomic mass is 10.3. The average molecular weight is 214 g/mol. The van der Waals surface area contributed by atoms with Crippen molar-refractivity contribution in [2.45, 2.75) is 18.5 Å². The van der Waals surface area contributed by atoms with Crippen molar-refractivity contribution in [3.8, 4) is 0 Å². The van der Waals surface area contributed by atoms with Crippen LogP contribution in [0.4, 0.5) is 30.7 Å². The number of rotatable bonds is 4. The average Bonchev–Trinajstić information content (AvgIpc) is 1.98. The molecule has 0 spiro atoms. The van der Waals surface area contributed by atoms with Crippen molar-refractivity contribution < 1.29 is 35.5 Å². The molecule has 0 aliphatic heterocycles. The molecule has 1 nitrogen and oxygen atoms in total. The third-order valence-corrected chi connectivity index (χ3v) is 0.954. The topological polar surface area (TPSA) is 9.23 Å². The monoisotopic (exact) mass is 214 g/mol. The van der Waals surface area contributed by atoms with Gasteiger partial charge in [-0.3, -0.25) is 0 Å². The molecule has 0 bridgehead atoms. The number of ether oxygens (including phenoxy) is 1. The highest BCUT2D eigenvalue weighted by atomic mass is 19.4. The smallest absolute Gasteiger partial charge is 0.315 e. The first-order valence-electron chi connectivity index (χ1n) is 3.00. The van der Waals surface area contributed by atoms with Crippen LogP contribution in [0.3, 0.4) is 0 Å². The highest BCUT2D eigenvalue weighted by Crippen LogP contribution is 2.35. The van der Waals surface area contributed by atoms with E-state index in [1.54, 1.807) is 0 Å². The molecule has 0 fully saturated rings. The fourth-order valence-corrected chi connectivity index (χ4v) is 0.438. The minimum Gasteiger partial charge on any atom is -0.315 e. The number of hydrogen-bond acceptors (Lipinski definition) is 1. The molecule has 13 heavy (non-hydrogen) atoms. The van der Waals surface area contributed by atoms with Crippen molar-refractivity contribution in [3.05, 3.63) is 0 Å². The van der Waals surface area contributed by atoms with Crippen LogP contribution < -0.4 is 0 Å². The van der Waals surface area contributed by atoms with E-state index in [2.05, 4.69) is 4.74 Å². The molecule has 0 rings (SSSR count). The maximum Gasteiger partial charge on any atom is 0.428 e. The molecule has 8 heteroatoms. The molecule has 0 heterocycles. The van der Waals surface area contributed by atoms with E-state index in [1.165, 1.54) is 0 Å². The van der Waals surface area contributed by atoms with E-state index in [4.69, 9.17) is 0 Å². The van der Waals surface area contributed by atoms with Gasteiger partial charge in [-0.15, -0.1) is 0 Å². The van der Waals surface area contributed by atoms with Crippen molar-refractivity contribution in [2.75, 3.05) is 13.3 Å². The summed E-state index contributed by atoms with van der Waals surface area (Å²) in [5.41, 5.74) is 0. The molecule has 0 amide bonds. The SMILES string of the molecule is FCCOC(F)(F)C(F)C(F)(F)F. The lowest BCUT2D eigenvalue weighted by Gasteiger charge is -2.21. The van der Waals surface area contributed by atoms with Crippen LogP contribution in [0.5, 0.6) is 0 Å². The van der Waals surface area contributed by atoms with Gasteiger partial charge in [0.2, 0.25) is 0 Å². The molecule has 0 saturated heterocycles. The first kappa shape index (κ1) is 12.5. The van der Waals surface area contributed by atoms with E-state index in [9.17, 15) is 30.7 Å². The van der Waals surface area contributed by atoms with Gasteiger partial charge < -0.3 is 4.74 Å². The van der Waals surface area contributed by atoms with Gasteiger partial charge in [-0.1, -0.05) is 0 Å². The molecule has 0 aliphatic rings. The Morgan fingerprint density at radius 1 is 1.08 bits per heavy atom. The first-order valence-corrected chi connectivity index (χ1v) is 3.00. The minimum absolute atomic E-state index is 1.29. The normalized spacial score (nSPS) is 15.9. The van der Waals surface area contributed by atoms with Crippen LogP contribution in [0.25, 0.3) is 0 Å². The summed E-state index contributed by atoms with van der Waals surface area (Å²) in [6.45, 7) is -2.70. The summed E-state index contributed by atoms with van der Waals surface area (Å²) in [6, 6.07) is 0. The highest BCUT2D eigenvalue weighted by molar-refractivity contribution is 4.75. The van der Waals surface area contributed by atoms with Crippen LogP contribution in [0.15, 0.2) is 0 Å². The van der Waals surface area contributed by atoms with Crippen LogP contribution in [-0.4, -0.2) is 31.7 Å². The highest BCUT2D eigenvalue weighted by Gasteiger charge is 2.58. The Morgan fingerprint density at radius 3 is 1.85 bits per heavy atom. The fraction of sp³-hybridized carbons (Fsp3) is 1.00. The van der Waals surface area contributed by atoms with Gasteiger partial charge in [0, 0.05) is 0 Å². The summed E-state index contributed by atoms with van der Waals surface area (Å²) in [4.78, 5) is 0. The van der Waals surface area contributed by atoms with Crippen LogP contribution >= 0.6 is 0 Å². The second-order valence-electron chi connectivity index (χ2n) is 2.00. The largest absolute Gasteiger partial charge is 0.428 e. The lowest BCUT2D eigenvalue weighted by molar-refractivity contribution is -0.335. The van der Waals surface area contributed by atoms with E-state index in [0.717, 1.165) is 0 Å². The molecule has 0 aliphatic carbocycles. The molecular weight excluding hydrogens is 209 g/mol. The van der Waals surface area contributed by atoms with Gasteiger partial charge in [0.1, 0.15) is 6.67 Å². The van der Waals surface area contributed by atoms with Gasteiger partial charge in [-0.05, 0) is 0 Å². The molecule has 80 valence electrons. The Labute approximate surface area is 68.5 Å². The number of hydrogen-bond donors (Lipinski definition) is 0. The Balaban J connectivity index is 4.27. The summed E-state index contributed by atoms with van der Waals surface area (Å²) < 4.78 is 84.2. The third-order valence-electron chi connectivity index (χ3n) is 0.954. The molecule has 0 N–H and O–H groups in total. The predicted octanol–water partition coefficient (Wildman–Crippen LogP) is 2.47. The molecule has 0 aromatic carbocycles. The zero-order chi connectivity index (χ0) is 10.7. The van der Waals surface area contributed by atoms with Crippen LogP contribution in [0.2, 0.25) is 0 Å². The zero-order valence-electron chi connectivity index (χ0n) is 6.05. The Morgan fingerprint density at radius 2 is 1.54 bits per heavy atom. The van der Waals surface area contributed by atoms with Crippen LogP contribution in [0, 0.1) is 0 Å². The summed E-state index contributed by atoms with van der Waals surface area (Å²) in [5, 5.41) is 0. The molecule has 0 aromatic heterocycles. The van der Waals surface area contributed by atoms with Gasteiger partial charge in [-0.25, -0.2) is 8.78 Å². The van der Waals surface area contributed by atoms with Crippen LogP contribution in [-0.2, 0) is 4.74 Å². The second-order valence-corrected chi connectivity index (χ2v) is 2.00. The van der Waals surface area contributed by atoms with Crippen molar-refractivity contribution in [1.82, 2.24) is 0 Å². The van der Waals surface area contributed by atoms with E-state index in [-0.39, 0.29) is 0 Å². The molecule has 1 atom stereocenters.